The Morgan fingerprint density at radius 2 is 2.05 bits per heavy atom. The molecule has 3 rings (SSSR count). The highest BCUT2D eigenvalue weighted by Gasteiger charge is 2.13. The Kier molecular flexibility index (Phi) is 3.63. The highest BCUT2D eigenvalue weighted by molar-refractivity contribution is 5.51. The molecule has 1 aromatic carbocycles. The fourth-order valence-electron chi connectivity index (χ4n) is 2.12. The predicted molar refractivity (Wildman–Crippen MR) is 77.3 cm³/mol. The van der Waals surface area contributed by atoms with Crippen LogP contribution in [0.4, 0.5) is 5.82 Å². The van der Waals surface area contributed by atoms with Crippen LogP contribution in [0.25, 0.3) is 11.5 Å². The quantitative estimate of drug-likeness (QED) is 0.768. The zero-order valence-corrected chi connectivity index (χ0v) is 11.7. The first kappa shape index (κ1) is 13.3. The number of benzene rings is 1. The molecular formula is C14H16N6O. The summed E-state index contributed by atoms with van der Waals surface area (Å²) in [6, 6.07) is 9.64. The molecule has 3 aromatic rings. The zero-order chi connectivity index (χ0) is 14.7. The summed E-state index contributed by atoms with van der Waals surface area (Å²) in [5.74, 6) is 1.51. The van der Waals surface area contributed by atoms with Gasteiger partial charge < -0.3 is 10.3 Å². The third-order valence-corrected chi connectivity index (χ3v) is 3.13. The van der Waals surface area contributed by atoms with Gasteiger partial charge in [-0.2, -0.15) is 4.98 Å². The smallest absolute Gasteiger partial charge is 0.257 e. The SMILES string of the molecule is CCCc1c(N)nnn1Cc1noc(-c2ccccc2)n1. The van der Waals surface area contributed by atoms with Crippen molar-refractivity contribution >= 4 is 5.82 Å². The van der Waals surface area contributed by atoms with Gasteiger partial charge in [0.1, 0.15) is 6.54 Å². The number of nitrogens with two attached hydrogens (primary N) is 1. The van der Waals surface area contributed by atoms with E-state index >= 15 is 0 Å². The number of anilines is 1. The van der Waals surface area contributed by atoms with Crippen LogP contribution in [0.1, 0.15) is 24.9 Å². The van der Waals surface area contributed by atoms with E-state index in [0.29, 0.717) is 24.1 Å². The molecule has 108 valence electrons. The summed E-state index contributed by atoms with van der Waals surface area (Å²) in [5.41, 5.74) is 7.62. The lowest BCUT2D eigenvalue weighted by Gasteiger charge is -2.02. The van der Waals surface area contributed by atoms with Gasteiger partial charge in [0.25, 0.3) is 5.89 Å². The molecule has 0 unspecified atom stereocenters. The van der Waals surface area contributed by atoms with E-state index in [1.165, 1.54) is 0 Å². The third kappa shape index (κ3) is 2.76. The summed E-state index contributed by atoms with van der Waals surface area (Å²) in [6.07, 6.45) is 1.79. The van der Waals surface area contributed by atoms with E-state index in [0.717, 1.165) is 24.1 Å². The van der Waals surface area contributed by atoms with Gasteiger partial charge in [-0.05, 0) is 18.6 Å². The Morgan fingerprint density at radius 1 is 1.24 bits per heavy atom. The topological polar surface area (TPSA) is 95.7 Å². The van der Waals surface area contributed by atoms with Crippen LogP contribution in [0, 0.1) is 0 Å². The van der Waals surface area contributed by atoms with Gasteiger partial charge in [-0.1, -0.05) is 41.9 Å². The van der Waals surface area contributed by atoms with Crippen molar-refractivity contribution in [2.24, 2.45) is 0 Å². The summed E-state index contributed by atoms with van der Waals surface area (Å²) in [6.45, 7) is 2.48. The molecule has 2 aromatic heterocycles. The molecule has 0 saturated carbocycles. The average Bonchev–Trinajstić information content (AvgIpc) is 3.11. The van der Waals surface area contributed by atoms with Crippen LogP contribution < -0.4 is 5.73 Å². The molecular weight excluding hydrogens is 268 g/mol. The number of hydrogen-bond acceptors (Lipinski definition) is 6. The molecule has 7 nitrogen and oxygen atoms in total. The summed E-state index contributed by atoms with van der Waals surface area (Å²) >= 11 is 0. The van der Waals surface area contributed by atoms with Crippen LogP contribution in [0.3, 0.4) is 0 Å². The summed E-state index contributed by atoms with van der Waals surface area (Å²) in [7, 11) is 0. The molecule has 0 fully saturated rings. The van der Waals surface area contributed by atoms with Gasteiger partial charge in [0.05, 0.1) is 5.69 Å². The van der Waals surface area contributed by atoms with E-state index < -0.39 is 0 Å². The minimum absolute atomic E-state index is 0.399. The minimum atomic E-state index is 0.399. The van der Waals surface area contributed by atoms with Gasteiger partial charge in [0.15, 0.2) is 11.6 Å². The van der Waals surface area contributed by atoms with Crippen LogP contribution >= 0.6 is 0 Å². The maximum Gasteiger partial charge on any atom is 0.257 e. The lowest BCUT2D eigenvalue weighted by molar-refractivity contribution is 0.417. The first-order valence-corrected chi connectivity index (χ1v) is 6.83. The molecule has 0 saturated heterocycles. The molecule has 0 amide bonds. The number of hydrogen-bond donors (Lipinski definition) is 1. The van der Waals surface area contributed by atoms with Gasteiger partial charge in [0.2, 0.25) is 0 Å². The largest absolute Gasteiger partial charge is 0.381 e. The van der Waals surface area contributed by atoms with Crippen LogP contribution in [-0.4, -0.2) is 25.1 Å². The maximum absolute atomic E-state index is 5.82. The molecule has 7 heteroatoms. The first-order chi connectivity index (χ1) is 10.3. The monoisotopic (exact) mass is 284 g/mol. The second kappa shape index (κ2) is 5.74. The van der Waals surface area contributed by atoms with Crippen molar-refractivity contribution in [3.63, 3.8) is 0 Å². The molecule has 2 heterocycles. The molecule has 0 aliphatic carbocycles. The molecule has 21 heavy (non-hydrogen) atoms. The fourth-order valence-corrected chi connectivity index (χ4v) is 2.12. The molecule has 2 N–H and O–H groups in total. The van der Waals surface area contributed by atoms with Crippen molar-refractivity contribution in [2.45, 2.75) is 26.3 Å². The highest BCUT2D eigenvalue weighted by atomic mass is 16.5. The molecule has 0 radical (unpaired) electrons. The molecule has 0 bridgehead atoms. The average molecular weight is 284 g/mol. The fraction of sp³-hybridized carbons (Fsp3) is 0.286. The summed E-state index contributed by atoms with van der Waals surface area (Å²) in [5, 5.41) is 11.9. The second-order valence-electron chi connectivity index (χ2n) is 4.71. The van der Waals surface area contributed by atoms with Gasteiger partial charge in [-0.25, -0.2) is 4.68 Å². The normalized spacial score (nSPS) is 10.9. The molecule has 0 spiro atoms. The van der Waals surface area contributed by atoms with Crippen molar-refractivity contribution < 1.29 is 4.52 Å². The van der Waals surface area contributed by atoms with E-state index in [2.05, 4.69) is 27.4 Å². The Balaban J connectivity index is 1.82. The van der Waals surface area contributed by atoms with E-state index in [4.69, 9.17) is 10.3 Å². The Hall–Kier alpha value is -2.70. The van der Waals surface area contributed by atoms with Crippen molar-refractivity contribution in [2.75, 3.05) is 5.73 Å². The third-order valence-electron chi connectivity index (χ3n) is 3.13. The summed E-state index contributed by atoms with van der Waals surface area (Å²) in [4.78, 5) is 4.38. The maximum atomic E-state index is 5.82. The van der Waals surface area contributed by atoms with Crippen molar-refractivity contribution in [3.8, 4) is 11.5 Å². The van der Waals surface area contributed by atoms with Gasteiger partial charge >= 0.3 is 0 Å². The van der Waals surface area contributed by atoms with Crippen molar-refractivity contribution in [3.05, 3.63) is 41.9 Å². The lowest BCUT2D eigenvalue weighted by Crippen LogP contribution is -2.08. The van der Waals surface area contributed by atoms with E-state index in [-0.39, 0.29) is 0 Å². The number of nitrogens with zero attached hydrogens (tertiary/aromatic N) is 5. The van der Waals surface area contributed by atoms with Crippen LogP contribution in [-0.2, 0) is 13.0 Å². The minimum Gasteiger partial charge on any atom is -0.381 e. The highest BCUT2D eigenvalue weighted by Crippen LogP contribution is 2.17. The van der Waals surface area contributed by atoms with Gasteiger partial charge in [0, 0.05) is 5.56 Å². The predicted octanol–water partition coefficient (Wildman–Crippen LogP) is 1.91. The molecule has 0 aliphatic rings. The number of aromatic nitrogens is 5. The number of rotatable bonds is 5. The lowest BCUT2D eigenvalue weighted by atomic mass is 10.2. The van der Waals surface area contributed by atoms with Crippen molar-refractivity contribution in [1.29, 1.82) is 0 Å². The number of nitrogen functional groups attached to an aromatic ring is 1. The van der Waals surface area contributed by atoms with Crippen LogP contribution in [0.2, 0.25) is 0 Å². The standard InChI is InChI=1S/C14H16N6O/c1-2-6-11-13(15)17-19-20(11)9-12-16-14(21-18-12)10-7-4-3-5-8-10/h3-5,7-8H,2,6,9,15H2,1H3. The second-order valence-corrected chi connectivity index (χ2v) is 4.71. The van der Waals surface area contributed by atoms with Crippen LogP contribution in [0.5, 0.6) is 0 Å². The van der Waals surface area contributed by atoms with Gasteiger partial charge in [-0.3, -0.25) is 0 Å². The molecule has 0 atom stereocenters. The van der Waals surface area contributed by atoms with Crippen LogP contribution in [0.15, 0.2) is 34.9 Å². The first-order valence-electron chi connectivity index (χ1n) is 6.83. The molecule has 0 aliphatic heterocycles. The Labute approximate surface area is 121 Å². The van der Waals surface area contributed by atoms with Gasteiger partial charge in [-0.15, -0.1) is 5.10 Å². The Morgan fingerprint density at radius 3 is 2.81 bits per heavy atom. The van der Waals surface area contributed by atoms with E-state index in [9.17, 15) is 0 Å². The van der Waals surface area contributed by atoms with E-state index in [1.54, 1.807) is 4.68 Å². The summed E-state index contributed by atoms with van der Waals surface area (Å²) < 4.78 is 7.00. The zero-order valence-electron chi connectivity index (χ0n) is 11.7. The van der Waals surface area contributed by atoms with E-state index in [1.807, 2.05) is 30.3 Å². The van der Waals surface area contributed by atoms with Crippen molar-refractivity contribution in [1.82, 2.24) is 25.1 Å². The Bertz CT molecular complexity index is 718.